The summed E-state index contributed by atoms with van der Waals surface area (Å²) < 4.78 is 5.45. The molecule has 1 saturated heterocycles. The average molecular weight is 466 g/mol. The molecule has 1 aromatic carbocycles. The largest absolute Gasteiger partial charge is 0.381 e. The molecular formula is C18H29ClIN3O. The number of nitrogens with zero attached hydrogens (tertiary/aromatic N) is 2. The zero-order chi connectivity index (χ0) is 16.9. The Balaban J connectivity index is 0.00000288. The molecule has 0 spiro atoms. The molecule has 1 aromatic rings. The summed E-state index contributed by atoms with van der Waals surface area (Å²) in [5.41, 5.74) is 1.07. The van der Waals surface area contributed by atoms with Gasteiger partial charge in [0, 0.05) is 50.1 Å². The Kier molecular flexibility index (Phi) is 8.81. The molecule has 0 amide bonds. The summed E-state index contributed by atoms with van der Waals surface area (Å²) in [6.07, 6.45) is 1.13. The second-order valence-electron chi connectivity index (χ2n) is 6.87. The van der Waals surface area contributed by atoms with Crippen molar-refractivity contribution in [2.45, 2.75) is 25.7 Å². The van der Waals surface area contributed by atoms with E-state index in [1.807, 2.05) is 25.2 Å². The monoisotopic (exact) mass is 465 g/mol. The van der Waals surface area contributed by atoms with Crippen LogP contribution in [0.4, 0.5) is 0 Å². The van der Waals surface area contributed by atoms with Crippen LogP contribution in [0.3, 0.4) is 0 Å². The van der Waals surface area contributed by atoms with E-state index in [1.165, 1.54) is 0 Å². The zero-order valence-corrected chi connectivity index (χ0v) is 18.1. The summed E-state index contributed by atoms with van der Waals surface area (Å²) in [7, 11) is 3.91. The molecular weight excluding hydrogens is 437 g/mol. The number of ether oxygens (including phenoxy) is 1. The van der Waals surface area contributed by atoms with E-state index in [-0.39, 0.29) is 29.4 Å². The minimum Gasteiger partial charge on any atom is -0.381 e. The van der Waals surface area contributed by atoms with E-state index in [0.29, 0.717) is 5.92 Å². The van der Waals surface area contributed by atoms with Gasteiger partial charge in [0.15, 0.2) is 5.96 Å². The lowest BCUT2D eigenvalue weighted by Crippen LogP contribution is -2.45. The molecule has 1 aliphatic rings. The lowest BCUT2D eigenvalue weighted by molar-refractivity contribution is 0.181. The van der Waals surface area contributed by atoms with Crippen molar-refractivity contribution in [1.82, 2.24) is 10.2 Å². The molecule has 0 aliphatic carbocycles. The molecule has 0 saturated carbocycles. The number of hydrogen-bond acceptors (Lipinski definition) is 2. The summed E-state index contributed by atoms with van der Waals surface area (Å²) >= 11 is 6.35. The standard InChI is InChI=1S/C18H28ClN3O.HI/c1-18(2,15-7-5-6-8-16(15)19)13-21-17(20-3)22(4)11-14-9-10-23-12-14;/h5-8,14H,9-13H2,1-4H3,(H,20,21);1H. The van der Waals surface area contributed by atoms with Gasteiger partial charge in [-0.25, -0.2) is 0 Å². The topological polar surface area (TPSA) is 36.9 Å². The highest BCUT2D eigenvalue weighted by molar-refractivity contribution is 14.0. The van der Waals surface area contributed by atoms with Crippen LogP contribution >= 0.6 is 35.6 Å². The third kappa shape index (κ3) is 5.77. The molecule has 1 unspecified atom stereocenters. The van der Waals surface area contributed by atoms with E-state index in [2.05, 4.69) is 42.2 Å². The molecule has 2 rings (SSSR count). The Morgan fingerprint density at radius 3 is 2.71 bits per heavy atom. The fourth-order valence-electron chi connectivity index (χ4n) is 2.99. The van der Waals surface area contributed by atoms with Crippen LogP contribution in [0.1, 0.15) is 25.8 Å². The predicted molar refractivity (Wildman–Crippen MR) is 113 cm³/mol. The van der Waals surface area contributed by atoms with Gasteiger partial charge in [-0.2, -0.15) is 0 Å². The summed E-state index contributed by atoms with van der Waals surface area (Å²) in [6, 6.07) is 8.03. The first-order valence-electron chi connectivity index (χ1n) is 8.18. The zero-order valence-electron chi connectivity index (χ0n) is 15.0. The normalized spacial score (nSPS) is 18.2. The molecule has 0 radical (unpaired) electrons. The van der Waals surface area contributed by atoms with Crippen molar-refractivity contribution in [1.29, 1.82) is 0 Å². The Hall–Kier alpha value is -0.530. The number of guanidine groups is 1. The first-order valence-corrected chi connectivity index (χ1v) is 8.56. The summed E-state index contributed by atoms with van der Waals surface area (Å²) in [4.78, 5) is 6.59. The Bertz CT molecular complexity index is 545. The van der Waals surface area contributed by atoms with Crippen molar-refractivity contribution < 1.29 is 4.74 Å². The van der Waals surface area contributed by atoms with Crippen LogP contribution in [-0.2, 0) is 10.2 Å². The SMILES string of the molecule is CN=C(NCC(C)(C)c1ccccc1Cl)N(C)CC1CCOC1.I. The number of rotatable bonds is 5. The van der Waals surface area contributed by atoms with Gasteiger partial charge in [-0.05, 0) is 18.1 Å². The summed E-state index contributed by atoms with van der Waals surface area (Å²) in [5.74, 6) is 1.51. The van der Waals surface area contributed by atoms with Gasteiger partial charge >= 0.3 is 0 Å². The second kappa shape index (κ2) is 9.82. The van der Waals surface area contributed by atoms with Gasteiger partial charge in [0.25, 0.3) is 0 Å². The van der Waals surface area contributed by atoms with E-state index >= 15 is 0 Å². The molecule has 1 aliphatic heterocycles. The molecule has 24 heavy (non-hydrogen) atoms. The van der Waals surface area contributed by atoms with E-state index in [0.717, 1.165) is 49.3 Å². The molecule has 0 bridgehead atoms. The molecule has 0 aromatic heterocycles. The van der Waals surface area contributed by atoms with Crippen LogP contribution in [0.5, 0.6) is 0 Å². The lowest BCUT2D eigenvalue weighted by atomic mass is 9.84. The van der Waals surface area contributed by atoms with E-state index in [9.17, 15) is 0 Å². The molecule has 1 N–H and O–H groups in total. The first kappa shape index (κ1) is 21.5. The van der Waals surface area contributed by atoms with Gasteiger partial charge < -0.3 is 15.0 Å². The quantitative estimate of drug-likeness (QED) is 0.408. The average Bonchev–Trinajstić information content (AvgIpc) is 3.01. The maximum absolute atomic E-state index is 6.35. The third-order valence-electron chi connectivity index (χ3n) is 4.42. The lowest BCUT2D eigenvalue weighted by Gasteiger charge is -2.30. The minimum atomic E-state index is -0.0778. The third-order valence-corrected chi connectivity index (χ3v) is 4.75. The fourth-order valence-corrected chi connectivity index (χ4v) is 3.38. The fraction of sp³-hybridized carbons (Fsp3) is 0.611. The maximum atomic E-state index is 6.35. The van der Waals surface area contributed by atoms with Crippen molar-refractivity contribution >= 4 is 41.5 Å². The highest BCUT2D eigenvalue weighted by Crippen LogP contribution is 2.29. The molecule has 1 fully saturated rings. The van der Waals surface area contributed by atoms with Gasteiger partial charge in [0.1, 0.15) is 0 Å². The van der Waals surface area contributed by atoms with Crippen molar-refractivity contribution in [2.75, 3.05) is 40.4 Å². The molecule has 1 atom stereocenters. The predicted octanol–water partition coefficient (Wildman–Crippen LogP) is 3.78. The van der Waals surface area contributed by atoms with Gasteiger partial charge in [0.2, 0.25) is 0 Å². The Morgan fingerprint density at radius 1 is 1.42 bits per heavy atom. The number of benzene rings is 1. The first-order chi connectivity index (χ1) is 10.9. The van der Waals surface area contributed by atoms with Crippen LogP contribution in [0.15, 0.2) is 29.3 Å². The number of halogens is 2. The van der Waals surface area contributed by atoms with Gasteiger partial charge in [0.05, 0.1) is 6.61 Å². The van der Waals surface area contributed by atoms with Gasteiger partial charge in [-0.15, -0.1) is 24.0 Å². The van der Waals surface area contributed by atoms with E-state index < -0.39 is 0 Å². The maximum Gasteiger partial charge on any atom is 0.193 e. The minimum absolute atomic E-state index is 0. The molecule has 136 valence electrons. The van der Waals surface area contributed by atoms with Crippen LogP contribution in [0.2, 0.25) is 5.02 Å². The van der Waals surface area contributed by atoms with Crippen LogP contribution in [0.25, 0.3) is 0 Å². The van der Waals surface area contributed by atoms with E-state index in [4.69, 9.17) is 16.3 Å². The number of nitrogens with one attached hydrogen (secondary N) is 1. The van der Waals surface area contributed by atoms with Crippen molar-refractivity contribution in [3.05, 3.63) is 34.9 Å². The van der Waals surface area contributed by atoms with Crippen molar-refractivity contribution in [3.8, 4) is 0 Å². The van der Waals surface area contributed by atoms with Crippen LogP contribution in [0, 0.1) is 5.92 Å². The number of hydrogen-bond donors (Lipinski definition) is 1. The summed E-state index contributed by atoms with van der Waals surface area (Å²) in [5, 5.41) is 4.30. The molecule has 1 heterocycles. The summed E-state index contributed by atoms with van der Waals surface area (Å²) in [6.45, 7) is 7.86. The highest BCUT2D eigenvalue weighted by atomic mass is 127. The van der Waals surface area contributed by atoms with Crippen LogP contribution in [-0.4, -0.2) is 51.3 Å². The van der Waals surface area contributed by atoms with Crippen molar-refractivity contribution in [2.24, 2.45) is 10.9 Å². The molecule has 4 nitrogen and oxygen atoms in total. The van der Waals surface area contributed by atoms with Gasteiger partial charge in [-0.3, -0.25) is 4.99 Å². The van der Waals surface area contributed by atoms with Crippen molar-refractivity contribution in [3.63, 3.8) is 0 Å². The smallest absolute Gasteiger partial charge is 0.193 e. The van der Waals surface area contributed by atoms with Crippen LogP contribution < -0.4 is 5.32 Å². The van der Waals surface area contributed by atoms with Gasteiger partial charge in [-0.1, -0.05) is 43.6 Å². The van der Waals surface area contributed by atoms with E-state index in [1.54, 1.807) is 0 Å². The Labute approximate surface area is 168 Å². The Morgan fingerprint density at radius 2 is 2.12 bits per heavy atom. The highest BCUT2D eigenvalue weighted by Gasteiger charge is 2.25. The molecule has 6 heteroatoms. The second-order valence-corrected chi connectivity index (χ2v) is 7.28. The number of aliphatic imine (C=N–C) groups is 1.